The van der Waals surface area contributed by atoms with Gasteiger partial charge >= 0.3 is 0 Å². The highest BCUT2D eigenvalue weighted by Crippen LogP contribution is 2.35. The third kappa shape index (κ3) is 3.40. The van der Waals surface area contributed by atoms with Gasteiger partial charge in [-0.05, 0) is 43.4 Å². The van der Waals surface area contributed by atoms with Gasteiger partial charge in [-0.15, -0.1) is 0 Å². The van der Waals surface area contributed by atoms with Crippen LogP contribution in [-0.2, 0) is 16.0 Å². The second-order valence-electron chi connectivity index (χ2n) is 7.88. The first-order chi connectivity index (χ1) is 13.5. The number of likely N-dealkylation sites (N-methyl/N-ethyl adjacent to an activating group) is 1. The van der Waals surface area contributed by atoms with E-state index in [-0.39, 0.29) is 42.5 Å². The molecule has 3 N–H and O–H groups in total. The van der Waals surface area contributed by atoms with Crippen LogP contribution in [0.5, 0.6) is 5.75 Å². The monoisotopic (exact) mass is 385 g/mol. The number of benzene rings is 1. The molecule has 2 amide bonds. The molecule has 7 heteroatoms. The number of methoxy groups -OCH3 is 1. The molecule has 4 unspecified atom stereocenters. The van der Waals surface area contributed by atoms with Crippen LogP contribution in [-0.4, -0.2) is 54.3 Å². The molecule has 3 aliphatic rings. The zero-order chi connectivity index (χ0) is 19.8. The van der Waals surface area contributed by atoms with Crippen molar-refractivity contribution in [3.63, 3.8) is 0 Å². The predicted molar refractivity (Wildman–Crippen MR) is 103 cm³/mol. The smallest absolute Gasteiger partial charge is 0.258 e. The van der Waals surface area contributed by atoms with E-state index < -0.39 is 0 Å². The van der Waals surface area contributed by atoms with Gasteiger partial charge in [0.2, 0.25) is 5.91 Å². The summed E-state index contributed by atoms with van der Waals surface area (Å²) in [5, 5.41) is 17.1. The van der Waals surface area contributed by atoms with E-state index in [1.165, 1.54) is 4.90 Å². The van der Waals surface area contributed by atoms with Crippen molar-refractivity contribution >= 4 is 11.8 Å². The minimum atomic E-state index is -0.374. The Morgan fingerprint density at radius 1 is 1.25 bits per heavy atom. The lowest BCUT2D eigenvalue weighted by molar-refractivity contribution is -0.141. The van der Waals surface area contributed by atoms with Crippen LogP contribution in [0.25, 0.3) is 0 Å². The minimum absolute atomic E-state index is 0.000698. The van der Waals surface area contributed by atoms with Crippen LogP contribution in [0.2, 0.25) is 0 Å². The first-order valence-electron chi connectivity index (χ1n) is 9.85. The van der Waals surface area contributed by atoms with Crippen LogP contribution < -0.4 is 15.4 Å². The second-order valence-corrected chi connectivity index (χ2v) is 7.88. The maximum atomic E-state index is 12.9. The molecule has 1 saturated carbocycles. The maximum Gasteiger partial charge on any atom is 0.258 e. The number of carbonyl (C=O) groups is 2. The lowest BCUT2D eigenvalue weighted by atomic mass is 9.88. The van der Waals surface area contributed by atoms with E-state index in [1.807, 2.05) is 24.3 Å². The second kappa shape index (κ2) is 7.56. The van der Waals surface area contributed by atoms with E-state index in [2.05, 4.69) is 10.6 Å². The zero-order valence-electron chi connectivity index (χ0n) is 16.3. The maximum absolute atomic E-state index is 12.9. The quantitative estimate of drug-likeness (QED) is 0.654. The van der Waals surface area contributed by atoms with Crippen molar-refractivity contribution in [3.05, 3.63) is 41.1 Å². The fourth-order valence-corrected chi connectivity index (χ4v) is 4.51. The van der Waals surface area contributed by atoms with Crippen molar-refractivity contribution in [3.8, 4) is 5.75 Å². The van der Waals surface area contributed by atoms with Gasteiger partial charge in [-0.1, -0.05) is 12.1 Å². The number of aliphatic hydroxyl groups excluding tert-OH is 1. The number of nitrogens with one attached hydrogen (secondary N) is 2. The Morgan fingerprint density at radius 3 is 2.64 bits per heavy atom. The highest BCUT2D eigenvalue weighted by molar-refractivity contribution is 6.09. The number of aliphatic hydroxyl groups is 1. The van der Waals surface area contributed by atoms with Crippen molar-refractivity contribution in [2.75, 3.05) is 14.2 Å². The zero-order valence-corrected chi connectivity index (χ0v) is 16.3. The summed E-state index contributed by atoms with van der Waals surface area (Å²) in [6, 6.07) is 7.83. The summed E-state index contributed by atoms with van der Waals surface area (Å²) in [6.07, 6.45) is 3.00. The molecule has 7 nitrogen and oxygen atoms in total. The van der Waals surface area contributed by atoms with Crippen LogP contribution in [0.3, 0.4) is 0 Å². The summed E-state index contributed by atoms with van der Waals surface area (Å²) in [5.41, 5.74) is 2.49. The predicted octanol–water partition coefficient (Wildman–Crippen LogP) is 0.929. The fraction of sp³-hybridized carbons (Fsp3) is 0.524. The molecule has 1 aromatic carbocycles. The molecule has 4 atom stereocenters. The summed E-state index contributed by atoms with van der Waals surface area (Å²) in [5.74, 6) is 0.254. The highest BCUT2D eigenvalue weighted by atomic mass is 16.5. The summed E-state index contributed by atoms with van der Waals surface area (Å²) >= 11 is 0. The normalized spacial score (nSPS) is 29.9. The van der Waals surface area contributed by atoms with Gasteiger partial charge in [-0.25, -0.2) is 0 Å². The van der Waals surface area contributed by atoms with Gasteiger partial charge in [0.1, 0.15) is 5.75 Å². The van der Waals surface area contributed by atoms with Crippen molar-refractivity contribution in [2.24, 2.45) is 5.92 Å². The van der Waals surface area contributed by atoms with Gasteiger partial charge < -0.3 is 15.2 Å². The van der Waals surface area contributed by atoms with Gasteiger partial charge in [-0.2, -0.15) is 0 Å². The molecule has 28 heavy (non-hydrogen) atoms. The highest BCUT2D eigenvalue weighted by Gasteiger charge is 2.44. The molecule has 150 valence electrons. The van der Waals surface area contributed by atoms with Crippen molar-refractivity contribution in [2.45, 2.75) is 50.4 Å². The average molecular weight is 385 g/mol. The number of carbonyl (C=O) groups excluding carboxylic acids is 2. The van der Waals surface area contributed by atoms with Gasteiger partial charge in [-0.3, -0.25) is 19.8 Å². The van der Waals surface area contributed by atoms with Crippen LogP contribution in [0, 0.1) is 5.92 Å². The molecule has 0 bridgehead atoms. The Bertz CT molecular complexity index is 804. The Labute approximate surface area is 164 Å². The van der Waals surface area contributed by atoms with E-state index in [0.717, 1.165) is 36.3 Å². The summed E-state index contributed by atoms with van der Waals surface area (Å²) in [7, 11) is 3.17. The minimum Gasteiger partial charge on any atom is -0.497 e. The number of hydrogen-bond donors (Lipinski definition) is 3. The first kappa shape index (κ1) is 19.0. The molecule has 0 radical (unpaired) electrons. The molecule has 1 aliphatic carbocycles. The number of imide groups is 1. The van der Waals surface area contributed by atoms with Crippen LogP contribution in [0.15, 0.2) is 35.5 Å². The third-order valence-electron chi connectivity index (χ3n) is 6.15. The Balaban J connectivity index is 1.61. The summed E-state index contributed by atoms with van der Waals surface area (Å²) in [6.45, 7) is 0. The molecule has 1 fully saturated rings. The third-order valence-corrected chi connectivity index (χ3v) is 6.15. The van der Waals surface area contributed by atoms with E-state index >= 15 is 0 Å². The van der Waals surface area contributed by atoms with Gasteiger partial charge in [0.15, 0.2) is 0 Å². The van der Waals surface area contributed by atoms with E-state index in [4.69, 9.17) is 4.74 Å². The molecule has 0 aromatic heterocycles. The average Bonchev–Trinajstić information content (AvgIpc) is 3.24. The summed E-state index contributed by atoms with van der Waals surface area (Å²) in [4.78, 5) is 26.2. The lowest BCUT2D eigenvalue weighted by Gasteiger charge is -2.28. The van der Waals surface area contributed by atoms with Crippen LogP contribution >= 0.6 is 0 Å². The molecule has 2 aliphatic heterocycles. The Kier molecular flexibility index (Phi) is 5.12. The van der Waals surface area contributed by atoms with E-state index in [9.17, 15) is 14.7 Å². The molecular formula is C21H27N3O4. The van der Waals surface area contributed by atoms with Gasteiger partial charge in [0, 0.05) is 30.3 Å². The number of amides is 2. The van der Waals surface area contributed by atoms with Crippen molar-refractivity contribution in [1.29, 1.82) is 0 Å². The largest absolute Gasteiger partial charge is 0.497 e. The Hall–Kier alpha value is -2.38. The van der Waals surface area contributed by atoms with E-state index in [0.29, 0.717) is 12.0 Å². The first-order valence-corrected chi connectivity index (χ1v) is 9.85. The number of nitrogens with zero attached hydrogens (tertiary/aromatic N) is 1. The SMILES string of the molecule is COc1ccc(CC2C3=C(CC(=O)N(C)C3=O)NC2NC2CCCC2O)cc1. The number of hydrogen-bond acceptors (Lipinski definition) is 6. The summed E-state index contributed by atoms with van der Waals surface area (Å²) < 4.78 is 5.23. The van der Waals surface area contributed by atoms with Gasteiger partial charge in [0.25, 0.3) is 5.91 Å². The number of ether oxygens (including phenoxy) is 1. The van der Waals surface area contributed by atoms with Crippen molar-refractivity contribution in [1.82, 2.24) is 15.5 Å². The fourth-order valence-electron chi connectivity index (χ4n) is 4.51. The standard InChI is InChI=1S/C21H27N3O4/c1-24-18(26)11-16-19(21(24)27)14(10-12-6-8-13(28-2)9-7-12)20(23-16)22-15-4-3-5-17(15)25/h6-9,14-15,17,20,22-23,25H,3-5,10-11H2,1-2H3. The molecule has 4 rings (SSSR count). The number of rotatable bonds is 5. The van der Waals surface area contributed by atoms with Crippen LogP contribution in [0.4, 0.5) is 0 Å². The molecule has 2 heterocycles. The topological polar surface area (TPSA) is 90.9 Å². The molecular weight excluding hydrogens is 358 g/mol. The van der Waals surface area contributed by atoms with Crippen molar-refractivity contribution < 1.29 is 19.4 Å². The van der Waals surface area contributed by atoms with Gasteiger partial charge in [0.05, 0.1) is 25.8 Å². The van der Waals surface area contributed by atoms with Crippen LogP contribution in [0.1, 0.15) is 31.2 Å². The molecule has 0 spiro atoms. The van der Waals surface area contributed by atoms with E-state index in [1.54, 1.807) is 14.2 Å². The Morgan fingerprint density at radius 2 is 2.00 bits per heavy atom. The molecule has 1 aromatic rings. The molecule has 0 saturated heterocycles. The lowest BCUT2D eigenvalue weighted by Crippen LogP contribution is -2.51.